The summed E-state index contributed by atoms with van der Waals surface area (Å²) >= 11 is 0. The largest absolute Gasteiger partial charge is 0.481 e. The topological polar surface area (TPSA) is 66.4 Å². The predicted molar refractivity (Wildman–Crippen MR) is 70.0 cm³/mol. The number of aliphatic carboxylic acids is 1. The highest BCUT2D eigenvalue weighted by atomic mass is 33.1. The Balaban J connectivity index is 3.71. The molecular weight excluding hydrogens is 303 g/mol. The molecule has 112 valence electrons. The Labute approximate surface area is 117 Å². The van der Waals surface area contributed by atoms with Gasteiger partial charge in [-0.05, 0) is 6.42 Å². The molecule has 0 aliphatic rings. The van der Waals surface area contributed by atoms with E-state index in [0.29, 0.717) is 11.5 Å². The summed E-state index contributed by atoms with van der Waals surface area (Å²) < 4.78 is 37.2. The van der Waals surface area contributed by atoms with Crippen molar-refractivity contribution in [2.45, 2.75) is 25.9 Å². The van der Waals surface area contributed by atoms with Crippen LogP contribution in [0.5, 0.6) is 0 Å². The zero-order chi connectivity index (χ0) is 14.9. The Kier molecular flexibility index (Phi) is 9.07. The molecule has 0 fully saturated rings. The molecule has 0 aliphatic carbocycles. The summed E-state index contributed by atoms with van der Waals surface area (Å²) in [6, 6.07) is 0. The fourth-order valence-corrected chi connectivity index (χ4v) is 3.04. The predicted octanol–water partition coefficient (Wildman–Crippen LogP) is 2.55. The monoisotopic (exact) mass is 319 g/mol. The maximum absolute atomic E-state index is 12.4. The first-order valence-corrected chi connectivity index (χ1v) is 8.08. The van der Waals surface area contributed by atoms with Gasteiger partial charge in [-0.15, -0.1) is 0 Å². The average molecular weight is 319 g/mol. The summed E-state index contributed by atoms with van der Waals surface area (Å²) in [5.74, 6) is -3.00. The first kappa shape index (κ1) is 18.4. The van der Waals surface area contributed by atoms with Gasteiger partial charge >= 0.3 is 12.1 Å². The fourth-order valence-electron chi connectivity index (χ4n) is 1.15. The van der Waals surface area contributed by atoms with E-state index in [4.69, 9.17) is 5.11 Å². The van der Waals surface area contributed by atoms with Crippen molar-refractivity contribution in [3.8, 4) is 0 Å². The van der Waals surface area contributed by atoms with Crippen molar-refractivity contribution < 1.29 is 27.9 Å². The highest BCUT2D eigenvalue weighted by Crippen LogP contribution is 2.28. The summed E-state index contributed by atoms with van der Waals surface area (Å²) in [5.41, 5.74) is 0. The Morgan fingerprint density at radius 1 is 1.26 bits per heavy atom. The van der Waals surface area contributed by atoms with Crippen molar-refractivity contribution in [2.75, 3.05) is 18.1 Å². The van der Waals surface area contributed by atoms with E-state index in [9.17, 15) is 22.8 Å². The number of alkyl halides is 3. The number of hydrogen-bond donors (Lipinski definition) is 2. The van der Waals surface area contributed by atoms with E-state index in [1.54, 1.807) is 0 Å². The first-order chi connectivity index (χ1) is 8.79. The maximum atomic E-state index is 12.4. The SMILES string of the molecule is CCC(C(=O)NCCSSCCC(=O)O)C(F)(F)F. The second kappa shape index (κ2) is 9.35. The molecule has 9 heteroatoms. The van der Waals surface area contributed by atoms with E-state index in [1.165, 1.54) is 28.5 Å². The van der Waals surface area contributed by atoms with Crippen molar-refractivity contribution in [3.05, 3.63) is 0 Å². The Morgan fingerprint density at radius 3 is 2.32 bits per heavy atom. The van der Waals surface area contributed by atoms with Crippen LogP contribution in [0.4, 0.5) is 13.2 Å². The minimum atomic E-state index is -4.51. The van der Waals surface area contributed by atoms with E-state index in [2.05, 4.69) is 5.32 Å². The minimum Gasteiger partial charge on any atom is -0.481 e. The molecule has 19 heavy (non-hydrogen) atoms. The van der Waals surface area contributed by atoms with E-state index < -0.39 is 24.0 Å². The van der Waals surface area contributed by atoms with Gasteiger partial charge in [0, 0.05) is 18.1 Å². The normalized spacial score (nSPS) is 13.1. The molecule has 1 atom stereocenters. The van der Waals surface area contributed by atoms with Crippen LogP contribution in [0.25, 0.3) is 0 Å². The third kappa shape index (κ3) is 9.04. The summed E-state index contributed by atoms with van der Waals surface area (Å²) in [6.07, 6.45) is -4.76. The number of rotatable bonds is 9. The van der Waals surface area contributed by atoms with Crippen LogP contribution in [0.15, 0.2) is 0 Å². The van der Waals surface area contributed by atoms with Gasteiger partial charge in [0.15, 0.2) is 0 Å². The molecule has 0 aromatic carbocycles. The van der Waals surface area contributed by atoms with Crippen LogP contribution in [0, 0.1) is 5.92 Å². The van der Waals surface area contributed by atoms with Crippen LogP contribution in [0.3, 0.4) is 0 Å². The number of carboxylic acids is 1. The van der Waals surface area contributed by atoms with E-state index in [0.717, 1.165) is 0 Å². The molecule has 0 rings (SSSR count). The zero-order valence-corrected chi connectivity index (χ0v) is 12.0. The van der Waals surface area contributed by atoms with Crippen molar-refractivity contribution in [3.63, 3.8) is 0 Å². The molecule has 0 aromatic heterocycles. The number of carbonyl (C=O) groups is 2. The van der Waals surface area contributed by atoms with Crippen LogP contribution in [-0.4, -0.2) is 41.2 Å². The molecule has 1 unspecified atom stereocenters. The van der Waals surface area contributed by atoms with Crippen molar-refractivity contribution in [2.24, 2.45) is 5.92 Å². The smallest absolute Gasteiger partial charge is 0.400 e. The lowest BCUT2D eigenvalue weighted by molar-refractivity contribution is -0.183. The van der Waals surface area contributed by atoms with Gasteiger partial charge in [0.1, 0.15) is 5.92 Å². The Bertz CT molecular complexity index is 300. The van der Waals surface area contributed by atoms with Crippen LogP contribution >= 0.6 is 21.6 Å². The molecule has 0 radical (unpaired) electrons. The quantitative estimate of drug-likeness (QED) is 0.505. The summed E-state index contributed by atoms with van der Waals surface area (Å²) in [4.78, 5) is 21.5. The third-order valence-electron chi connectivity index (χ3n) is 2.09. The van der Waals surface area contributed by atoms with Gasteiger partial charge in [-0.1, -0.05) is 28.5 Å². The zero-order valence-electron chi connectivity index (χ0n) is 10.3. The highest BCUT2D eigenvalue weighted by Gasteiger charge is 2.43. The van der Waals surface area contributed by atoms with Crippen LogP contribution in [-0.2, 0) is 9.59 Å². The lowest BCUT2D eigenvalue weighted by Gasteiger charge is -2.17. The van der Waals surface area contributed by atoms with Crippen LogP contribution in [0.2, 0.25) is 0 Å². The maximum Gasteiger partial charge on any atom is 0.400 e. The van der Waals surface area contributed by atoms with Crippen LogP contribution < -0.4 is 5.32 Å². The van der Waals surface area contributed by atoms with Gasteiger partial charge in [0.2, 0.25) is 5.91 Å². The highest BCUT2D eigenvalue weighted by molar-refractivity contribution is 8.76. The van der Waals surface area contributed by atoms with E-state index in [1.807, 2.05) is 0 Å². The first-order valence-electron chi connectivity index (χ1n) is 5.59. The van der Waals surface area contributed by atoms with Gasteiger partial charge in [-0.2, -0.15) is 13.2 Å². The minimum absolute atomic E-state index is 0.0377. The average Bonchev–Trinajstić information content (AvgIpc) is 2.26. The lowest BCUT2D eigenvalue weighted by atomic mass is 10.1. The van der Waals surface area contributed by atoms with Gasteiger partial charge in [-0.25, -0.2) is 0 Å². The summed E-state index contributed by atoms with van der Waals surface area (Å²) in [5, 5.41) is 10.6. The molecule has 0 aliphatic heterocycles. The number of amides is 1. The molecular formula is C10H16F3NO3S2. The molecule has 4 nitrogen and oxygen atoms in total. The molecule has 0 aromatic rings. The number of nitrogens with one attached hydrogen (secondary N) is 1. The molecule has 0 bridgehead atoms. The molecule has 0 heterocycles. The third-order valence-corrected chi connectivity index (χ3v) is 4.50. The number of halogens is 3. The number of hydrogen-bond acceptors (Lipinski definition) is 4. The second-order valence-corrected chi connectivity index (χ2v) is 6.28. The number of carbonyl (C=O) groups excluding carboxylic acids is 1. The summed E-state index contributed by atoms with van der Waals surface area (Å²) in [7, 11) is 2.64. The molecule has 1 amide bonds. The van der Waals surface area contributed by atoms with Gasteiger partial charge in [0.25, 0.3) is 0 Å². The second-order valence-electron chi connectivity index (χ2n) is 3.58. The van der Waals surface area contributed by atoms with E-state index >= 15 is 0 Å². The summed E-state index contributed by atoms with van der Waals surface area (Å²) in [6.45, 7) is 1.45. The Hall–Kier alpha value is -0.570. The van der Waals surface area contributed by atoms with E-state index in [-0.39, 0.29) is 19.4 Å². The molecule has 0 spiro atoms. The van der Waals surface area contributed by atoms with Crippen molar-refractivity contribution in [1.82, 2.24) is 5.32 Å². The molecule has 0 saturated heterocycles. The molecule has 2 N–H and O–H groups in total. The molecule has 0 saturated carbocycles. The number of carboxylic acid groups (broad SMARTS) is 1. The van der Waals surface area contributed by atoms with Crippen LogP contribution in [0.1, 0.15) is 19.8 Å². The van der Waals surface area contributed by atoms with Crippen molar-refractivity contribution >= 4 is 33.5 Å². The standard InChI is InChI=1S/C10H16F3NO3S2/c1-2-7(10(11,12)13)9(17)14-4-6-19-18-5-3-8(15)16/h7H,2-6H2,1H3,(H,14,17)(H,15,16). The van der Waals surface area contributed by atoms with Gasteiger partial charge in [0.05, 0.1) is 6.42 Å². The van der Waals surface area contributed by atoms with Crippen molar-refractivity contribution in [1.29, 1.82) is 0 Å². The lowest BCUT2D eigenvalue weighted by Crippen LogP contribution is -2.39. The van der Waals surface area contributed by atoms with Gasteiger partial charge in [-0.3, -0.25) is 9.59 Å². The Morgan fingerprint density at radius 2 is 1.84 bits per heavy atom. The fraction of sp³-hybridized carbons (Fsp3) is 0.800. The van der Waals surface area contributed by atoms with Gasteiger partial charge < -0.3 is 10.4 Å².